The van der Waals surface area contributed by atoms with Gasteiger partial charge in [-0.05, 0) is 30.7 Å². The van der Waals surface area contributed by atoms with Gasteiger partial charge in [-0.2, -0.15) is 5.10 Å². The van der Waals surface area contributed by atoms with Gasteiger partial charge in [-0.3, -0.25) is 9.48 Å². The molecule has 2 heterocycles. The Hall–Kier alpha value is -3.92. The molecule has 2 N–H and O–H groups in total. The molecule has 176 valence electrons. The summed E-state index contributed by atoms with van der Waals surface area (Å²) in [6.07, 6.45) is 3.80. The molecule has 2 aromatic heterocycles. The fraction of sp³-hybridized carbons (Fsp3) is 0.217. The molecule has 0 bridgehead atoms. The number of aromatic nitrogens is 4. The van der Waals surface area contributed by atoms with Crippen LogP contribution in [0.1, 0.15) is 6.42 Å². The van der Waals surface area contributed by atoms with Crippen molar-refractivity contribution >= 4 is 45.7 Å². The Balaban J connectivity index is 1.48. The monoisotopic (exact) mass is 484 g/mol. The van der Waals surface area contributed by atoms with Gasteiger partial charge < -0.3 is 20.1 Å². The fourth-order valence-electron chi connectivity index (χ4n) is 3.22. The number of ether oxygens (including phenoxy) is 2. The summed E-state index contributed by atoms with van der Waals surface area (Å²) in [5.74, 6) is 1.86. The van der Waals surface area contributed by atoms with Gasteiger partial charge in [0.1, 0.15) is 24.5 Å². The van der Waals surface area contributed by atoms with Crippen LogP contribution in [-0.2, 0) is 11.3 Å². The van der Waals surface area contributed by atoms with Gasteiger partial charge in [0.15, 0.2) is 17.3 Å². The van der Waals surface area contributed by atoms with Gasteiger partial charge in [0.25, 0.3) is 0 Å². The first kappa shape index (κ1) is 23.2. The lowest BCUT2D eigenvalue weighted by molar-refractivity contribution is -0.116. The Labute approximate surface area is 199 Å². The van der Waals surface area contributed by atoms with Crippen LogP contribution in [0, 0.1) is 5.82 Å². The van der Waals surface area contributed by atoms with Gasteiger partial charge in [-0.1, -0.05) is 6.07 Å². The van der Waals surface area contributed by atoms with E-state index in [4.69, 9.17) is 21.1 Å². The van der Waals surface area contributed by atoms with Crippen LogP contribution in [0.4, 0.5) is 21.7 Å². The number of halogens is 2. The Morgan fingerprint density at radius 3 is 2.85 bits per heavy atom. The van der Waals surface area contributed by atoms with Crippen LogP contribution in [0.2, 0.25) is 0 Å². The summed E-state index contributed by atoms with van der Waals surface area (Å²) in [7, 11) is 1.56. The lowest BCUT2D eigenvalue weighted by Crippen LogP contribution is -2.19. The number of hydrogen-bond acceptors (Lipinski definition) is 7. The van der Waals surface area contributed by atoms with Gasteiger partial charge in [0.05, 0.1) is 19.2 Å². The Morgan fingerprint density at radius 1 is 1.18 bits per heavy atom. The van der Waals surface area contributed by atoms with Crippen molar-refractivity contribution in [2.75, 3.05) is 30.2 Å². The first-order valence-corrected chi connectivity index (χ1v) is 11.0. The topological polar surface area (TPSA) is 103 Å². The quantitative estimate of drug-likeness (QED) is 0.254. The molecule has 4 rings (SSSR count). The molecule has 0 saturated heterocycles. The number of fused-ring (bicyclic) bond motifs is 1. The summed E-state index contributed by atoms with van der Waals surface area (Å²) in [5, 5.41) is 10.9. The molecule has 0 atom stereocenters. The van der Waals surface area contributed by atoms with Gasteiger partial charge in [-0.15, -0.1) is 11.6 Å². The normalized spacial score (nSPS) is 10.8. The lowest BCUT2D eigenvalue weighted by Gasteiger charge is -2.13. The van der Waals surface area contributed by atoms with E-state index >= 15 is 0 Å². The highest BCUT2D eigenvalue weighted by molar-refractivity contribution is 6.17. The number of amides is 1. The van der Waals surface area contributed by atoms with Crippen molar-refractivity contribution in [3.8, 4) is 11.5 Å². The number of benzene rings is 2. The van der Waals surface area contributed by atoms with E-state index in [2.05, 4.69) is 25.7 Å². The molecule has 4 aromatic rings. The van der Waals surface area contributed by atoms with E-state index in [1.54, 1.807) is 37.6 Å². The van der Waals surface area contributed by atoms with Crippen LogP contribution < -0.4 is 20.1 Å². The van der Waals surface area contributed by atoms with Crippen molar-refractivity contribution in [2.24, 2.45) is 0 Å². The molecule has 1 amide bonds. The van der Waals surface area contributed by atoms with Crippen LogP contribution in [0.25, 0.3) is 10.9 Å². The van der Waals surface area contributed by atoms with Gasteiger partial charge in [0.2, 0.25) is 5.91 Å². The highest BCUT2D eigenvalue weighted by atomic mass is 35.5. The molecule has 0 saturated carbocycles. The molecule has 11 heteroatoms. The number of anilines is 3. The summed E-state index contributed by atoms with van der Waals surface area (Å²) >= 11 is 5.72. The number of nitrogens with one attached hydrogen (secondary N) is 2. The minimum Gasteiger partial charge on any atom is -0.493 e. The zero-order valence-electron chi connectivity index (χ0n) is 18.3. The van der Waals surface area contributed by atoms with E-state index in [0.717, 1.165) is 0 Å². The third-order valence-corrected chi connectivity index (χ3v) is 5.02. The number of carbonyl (C=O) groups excluding carboxylic acids is 1. The van der Waals surface area contributed by atoms with Crippen LogP contribution >= 0.6 is 11.6 Å². The second-order valence-electron chi connectivity index (χ2n) is 7.22. The molecule has 0 spiro atoms. The molecule has 0 radical (unpaired) electrons. The Morgan fingerprint density at radius 2 is 2.06 bits per heavy atom. The van der Waals surface area contributed by atoms with Gasteiger partial charge in [-0.25, -0.2) is 14.4 Å². The van der Waals surface area contributed by atoms with Crippen molar-refractivity contribution < 1.29 is 18.7 Å². The van der Waals surface area contributed by atoms with Crippen molar-refractivity contribution in [2.45, 2.75) is 13.0 Å². The molecular weight excluding hydrogens is 463 g/mol. The Kier molecular flexibility index (Phi) is 7.38. The molecule has 34 heavy (non-hydrogen) atoms. The molecule has 0 aliphatic rings. The number of methoxy groups -OCH3 is 1. The van der Waals surface area contributed by atoms with E-state index in [-0.39, 0.29) is 12.5 Å². The summed E-state index contributed by atoms with van der Waals surface area (Å²) in [6.45, 7) is 0.422. The van der Waals surface area contributed by atoms with Crippen molar-refractivity contribution in [1.82, 2.24) is 19.7 Å². The first-order valence-electron chi connectivity index (χ1n) is 10.4. The largest absolute Gasteiger partial charge is 0.493 e. The van der Waals surface area contributed by atoms with E-state index in [1.807, 2.05) is 0 Å². The number of hydrogen-bond donors (Lipinski definition) is 2. The van der Waals surface area contributed by atoms with Crippen LogP contribution in [0.3, 0.4) is 0 Å². The molecule has 0 aliphatic heterocycles. The van der Waals surface area contributed by atoms with Crippen molar-refractivity contribution in [3.63, 3.8) is 0 Å². The molecule has 0 unspecified atom stereocenters. The van der Waals surface area contributed by atoms with E-state index in [0.29, 0.717) is 58.6 Å². The third kappa shape index (κ3) is 5.70. The van der Waals surface area contributed by atoms with Crippen LogP contribution in [0.15, 0.2) is 55.0 Å². The zero-order valence-corrected chi connectivity index (χ0v) is 19.1. The minimum absolute atomic E-state index is 0.0421. The number of nitrogens with zero attached hydrogens (tertiary/aromatic N) is 4. The van der Waals surface area contributed by atoms with Crippen LogP contribution in [0.5, 0.6) is 11.5 Å². The molecule has 0 fully saturated rings. The maximum Gasteiger partial charge on any atom is 0.246 e. The first-order chi connectivity index (χ1) is 16.6. The SMILES string of the molecule is COc1cc2c(Nc3ccn(CC(=O)Nc4cccc(F)c4)n3)ncnc2cc1OCCCCl. The maximum absolute atomic E-state index is 13.3. The average Bonchev–Trinajstić information content (AvgIpc) is 3.25. The molecule has 0 aliphatic carbocycles. The minimum atomic E-state index is -0.425. The molecular formula is C23H22ClFN6O3. The summed E-state index contributed by atoms with van der Waals surface area (Å²) in [4.78, 5) is 20.9. The fourth-order valence-corrected chi connectivity index (χ4v) is 3.33. The van der Waals surface area contributed by atoms with Gasteiger partial charge >= 0.3 is 0 Å². The number of carbonyl (C=O) groups is 1. The van der Waals surface area contributed by atoms with E-state index in [1.165, 1.54) is 29.2 Å². The van der Waals surface area contributed by atoms with Crippen molar-refractivity contribution in [3.05, 3.63) is 60.8 Å². The van der Waals surface area contributed by atoms with Crippen LogP contribution in [-0.4, -0.2) is 45.3 Å². The van der Waals surface area contributed by atoms with Gasteiger partial charge in [0, 0.05) is 35.3 Å². The number of rotatable bonds is 10. The van der Waals surface area contributed by atoms with E-state index in [9.17, 15) is 9.18 Å². The third-order valence-electron chi connectivity index (χ3n) is 4.76. The summed E-state index contributed by atoms with van der Waals surface area (Å²) < 4.78 is 26.0. The molecule has 2 aromatic carbocycles. The van der Waals surface area contributed by atoms with Crippen molar-refractivity contribution in [1.29, 1.82) is 0 Å². The average molecular weight is 485 g/mol. The predicted molar refractivity (Wildman–Crippen MR) is 127 cm³/mol. The molecule has 9 nitrogen and oxygen atoms in total. The maximum atomic E-state index is 13.3. The Bertz CT molecular complexity index is 1300. The highest BCUT2D eigenvalue weighted by Gasteiger charge is 2.13. The smallest absolute Gasteiger partial charge is 0.246 e. The second-order valence-corrected chi connectivity index (χ2v) is 7.59. The summed E-state index contributed by atoms with van der Waals surface area (Å²) in [5.41, 5.74) is 1.04. The number of alkyl halides is 1. The lowest BCUT2D eigenvalue weighted by atomic mass is 10.2. The standard InChI is InChI=1S/C23H22ClFN6O3/c1-33-19-11-17-18(12-20(19)34-9-3-7-24)26-14-27-23(17)29-21-6-8-31(30-21)13-22(32)28-16-5-2-4-15(25)10-16/h2,4-6,8,10-12,14H,3,7,9,13H2,1H3,(H,28,32)(H,26,27,29,30). The zero-order chi connectivity index (χ0) is 23.9. The van der Waals surface area contributed by atoms with E-state index < -0.39 is 5.82 Å². The second kappa shape index (κ2) is 10.8. The summed E-state index contributed by atoms with van der Waals surface area (Å²) in [6, 6.07) is 11.0. The predicted octanol–water partition coefficient (Wildman–Crippen LogP) is 4.36. The highest BCUT2D eigenvalue weighted by Crippen LogP contribution is 2.34.